The number of rotatable bonds is 2. The summed E-state index contributed by atoms with van der Waals surface area (Å²) in [6, 6.07) is 12.0. The normalized spacial score (nSPS) is 11.1. The second-order valence-electron chi connectivity index (χ2n) is 4.71. The minimum Gasteiger partial charge on any atom is -0.436 e. The molecule has 0 aliphatic heterocycles. The van der Waals surface area contributed by atoms with E-state index in [9.17, 15) is 0 Å². The maximum atomic E-state index is 6.09. The maximum absolute atomic E-state index is 6.09. The highest BCUT2D eigenvalue weighted by atomic mass is 16.3. The lowest BCUT2D eigenvalue weighted by Crippen LogP contribution is -1.93. The molecule has 0 unspecified atom stereocenters. The van der Waals surface area contributed by atoms with Crippen LogP contribution in [0.1, 0.15) is 18.1 Å². The molecule has 0 aliphatic rings. The smallest absolute Gasteiger partial charge is 0.229 e. The van der Waals surface area contributed by atoms with Crippen LogP contribution in [0.15, 0.2) is 40.8 Å². The van der Waals surface area contributed by atoms with Crippen molar-refractivity contribution >= 4 is 16.8 Å². The number of hydrogen-bond donors (Lipinski definition) is 1. The van der Waals surface area contributed by atoms with Gasteiger partial charge in [-0.1, -0.05) is 25.1 Å². The molecule has 19 heavy (non-hydrogen) atoms. The number of anilines is 1. The zero-order valence-electron chi connectivity index (χ0n) is 11.1. The molecule has 0 saturated carbocycles. The molecule has 2 aromatic carbocycles. The average molecular weight is 252 g/mol. The van der Waals surface area contributed by atoms with Crippen LogP contribution < -0.4 is 5.73 Å². The lowest BCUT2D eigenvalue weighted by molar-refractivity contribution is 0.620. The van der Waals surface area contributed by atoms with Crippen LogP contribution in [0, 0.1) is 6.92 Å². The molecule has 3 rings (SSSR count). The third-order valence-electron chi connectivity index (χ3n) is 3.41. The Morgan fingerprint density at radius 1 is 1.21 bits per heavy atom. The van der Waals surface area contributed by atoms with Gasteiger partial charge >= 0.3 is 0 Å². The minimum atomic E-state index is 0.587. The summed E-state index contributed by atoms with van der Waals surface area (Å²) in [5, 5.41) is 0. The van der Waals surface area contributed by atoms with Crippen LogP contribution in [0.4, 0.5) is 5.69 Å². The van der Waals surface area contributed by atoms with Gasteiger partial charge in [-0.2, -0.15) is 0 Å². The molecule has 2 N–H and O–H groups in total. The molecule has 0 atom stereocenters. The number of fused-ring (bicyclic) bond motifs is 1. The van der Waals surface area contributed by atoms with E-state index in [-0.39, 0.29) is 0 Å². The number of hydrogen-bond acceptors (Lipinski definition) is 3. The van der Waals surface area contributed by atoms with Crippen molar-refractivity contribution in [3.05, 3.63) is 47.5 Å². The Labute approximate surface area is 112 Å². The molecule has 3 aromatic rings. The number of aromatic nitrogens is 1. The minimum absolute atomic E-state index is 0.587. The van der Waals surface area contributed by atoms with Crippen molar-refractivity contribution in [2.24, 2.45) is 0 Å². The molecule has 3 nitrogen and oxygen atoms in total. The molecule has 0 bridgehead atoms. The summed E-state index contributed by atoms with van der Waals surface area (Å²) in [4.78, 5) is 4.55. The Balaban J connectivity index is 2.18. The van der Waals surface area contributed by atoms with Gasteiger partial charge in [0.15, 0.2) is 5.58 Å². The number of oxazole rings is 1. The van der Waals surface area contributed by atoms with Crippen LogP contribution >= 0.6 is 0 Å². The Morgan fingerprint density at radius 2 is 2.05 bits per heavy atom. The second kappa shape index (κ2) is 4.43. The molecule has 0 amide bonds. The highest BCUT2D eigenvalue weighted by molar-refractivity contribution is 5.80. The summed E-state index contributed by atoms with van der Waals surface area (Å²) in [6.45, 7) is 4.11. The highest BCUT2D eigenvalue weighted by Crippen LogP contribution is 2.30. The Bertz CT molecular complexity index is 744. The first-order valence-corrected chi connectivity index (χ1v) is 6.44. The SMILES string of the molecule is CCc1ccc2oc(-c3cccc(C)c3N)nc2c1. The van der Waals surface area contributed by atoms with Crippen molar-refractivity contribution in [1.29, 1.82) is 0 Å². The molecular weight excluding hydrogens is 236 g/mol. The predicted octanol–water partition coefficient (Wildman–Crippen LogP) is 3.95. The number of para-hydroxylation sites is 1. The predicted molar refractivity (Wildman–Crippen MR) is 78.0 cm³/mol. The van der Waals surface area contributed by atoms with E-state index in [4.69, 9.17) is 10.2 Å². The molecule has 1 aromatic heterocycles. The molecule has 1 heterocycles. The molecule has 0 radical (unpaired) electrons. The summed E-state index contributed by atoms with van der Waals surface area (Å²) in [5.41, 5.74) is 11.6. The monoisotopic (exact) mass is 252 g/mol. The van der Waals surface area contributed by atoms with Gasteiger partial charge in [-0.25, -0.2) is 4.98 Å². The fourth-order valence-corrected chi connectivity index (χ4v) is 2.18. The van der Waals surface area contributed by atoms with Gasteiger partial charge in [0.1, 0.15) is 5.52 Å². The highest BCUT2D eigenvalue weighted by Gasteiger charge is 2.12. The van der Waals surface area contributed by atoms with Crippen molar-refractivity contribution in [3.8, 4) is 11.5 Å². The van der Waals surface area contributed by atoms with Gasteiger partial charge in [-0.05, 0) is 42.7 Å². The standard InChI is InChI=1S/C16H16N2O/c1-3-11-7-8-14-13(9-11)18-16(19-14)12-6-4-5-10(2)15(12)17/h4-9H,3,17H2,1-2H3. The lowest BCUT2D eigenvalue weighted by Gasteiger charge is -2.03. The summed E-state index contributed by atoms with van der Waals surface area (Å²) in [6.07, 6.45) is 0.991. The average Bonchev–Trinajstić information content (AvgIpc) is 2.84. The van der Waals surface area contributed by atoms with E-state index in [1.165, 1.54) is 5.56 Å². The van der Waals surface area contributed by atoms with Crippen molar-refractivity contribution in [1.82, 2.24) is 4.98 Å². The molecule has 3 heteroatoms. The van der Waals surface area contributed by atoms with Gasteiger partial charge in [0.05, 0.1) is 5.56 Å². The van der Waals surface area contributed by atoms with Gasteiger partial charge in [-0.15, -0.1) is 0 Å². The van der Waals surface area contributed by atoms with Gasteiger partial charge in [0.25, 0.3) is 0 Å². The van der Waals surface area contributed by atoms with Crippen molar-refractivity contribution in [2.45, 2.75) is 20.3 Å². The number of aryl methyl sites for hydroxylation is 2. The zero-order valence-corrected chi connectivity index (χ0v) is 11.1. The molecule has 0 saturated heterocycles. The van der Waals surface area contributed by atoms with E-state index in [0.717, 1.165) is 34.3 Å². The van der Waals surface area contributed by atoms with Crippen LogP contribution in [0.25, 0.3) is 22.6 Å². The largest absolute Gasteiger partial charge is 0.436 e. The molecular formula is C16H16N2O. The van der Waals surface area contributed by atoms with Crippen molar-refractivity contribution < 1.29 is 4.42 Å². The lowest BCUT2D eigenvalue weighted by atomic mass is 10.1. The van der Waals surface area contributed by atoms with Crippen LogP contribution in [-0.2, 0) is 6.42 Å². The fraction of sp³-hybridized carbons (Fsp3) is 0.188. The fourth-order valence-electron chi connectivity index (χ4n) is 2.18. The Hall–Kier alpha value is -2.29. The number of nitrogens with two attached hydrogens (primary N) is 1. The van der Waals surface area contributed by atoms with Gasteiger partial charge in [0, 0.05) is 5.69 Å². The Morgan fingerprint density at radius 3 is 2.84 bits per heavy atom. The van der Waals surface area contributed by atoms with E-state index in [0.29, 0.717) is 5.89 Å². The van der Waals surface area contributed by atoms with Crippen LogP contribution in [-0.4, -0.2) is 4.98 Å². The van der Waals surface area contributed by atoms with Crippen molar-refractivity contribution in [3.63, 3.8) is 0 Å². The van der Waals surface area contributed by atoms with Gasteiger partial charge < -0.3 is 10.2 Å². The van der Waals surface area contributed by atoms with Gasteiger partial charge in [-0.3, -0.25) is 0 Å². The quantitative estimate of drug-likeness (QED) is 0.702. The third-order valence-corrected chi connectivity index (χ3v) is 3.41. The van der Waals surface area contributed by atoms with E-state index >= 15 is 0 Å². The number of benzene rings is 2. The summed E-state index contributed by atoms with van der Waals surface area (Å²) < 4.78 is 5.80. The van der Waals surface area contributed by atoms with E-state index < -0.39 is 0 Å². The summed E-state index contributed by atoms with van der Waals surface area (Å²) in [7, 11) is 0. The molecule has 0 aliphatic carbocycles. The Kier molecular flexibility index (Phi) is 2.75. The second-order valence-corrected chi connectivity index (χ2v) is 4.71. The van der Waals surface area contributed by atoms with E-state index in [1.54, 1.807) is 0 Å². The maximum Gasteiger partial charge on any atom is 0.229 e. The van der Waals surface area contributed by atoms with Crippen LogP contribution in [0.2, 0.25) is 0 Å². The third kappa shape index (κ3) is 1.97. The van der Waals surface area contributed by atoms with E-state index in [1.807, 2.05) is 31.2 Å². The molecule has 96 valence electrons. The molecule has 0 fully saturated rings. The van der Waals surface area contributed by atoms with Crippen LogP contribution in [0.3, 0.4) is 0 Å². The van der Waals surface area contributed by atoms with Crippen molar-refractivity contribution in [2.75, 3.05) is 5.73 Å². The number of nitrogen functional groups attached to an aromatic ring is 1. The van der Waals surface area contributed by atoms with Gasteiger partial charge in [0.2, 0.25) is 5.89 Å². The first-order valence-electron chi connectivity index (χ1n) is 6.44. The van der Waals surface area contributed by atoms with E-state index in [2.05, 4.69) is 24.0 Å². The summed E-state index contributed by atoms with van der Waals surface area (Å²) >= 11 is 0. The first-order chi connectivity index (χ1) is 9.19. The molecule has 0 spiro atoms. The number of nitrogens with zero attached hydrogens (tertiary/aromatic N) is 1. The summed E-state index contributed by atoms with van der Waals surface area (Å²) in [5.74, 6) is 0.587. The topological polar surface area (TPSA) is 52.0 Å². The first kappa shape index (κ1) is 11.8. The van der Waals surface area contributed by atoms with Crippen LogP contribution in [0.5, 0.6) is 0 Å². The zero-order chi connectivity index (χ0) is 13.4.